The van der Waals surface area contributed by atoms with E-state index in [1.165, 1.54) is 0 Å². The lowest BCUT2D eigenvalue weighted by Crippen LogP contribution is -2.34. The minimum absolute atomic E-state index is 0.138. The number of ether oxygens (including phenoxy) is 1. The van der Waals surface area contributed by atoms with Gasteiger partial charge in [0.25, 0.3) is 0 Å². The van der Waals surface area contributed by atoms with Gasteiger partial charge in [0, 0.05) is 30.9 Å². The maximum atomic E-state index is 12.6. The molecule has 0 amide bonds. The molecular weight excluding hydrogens is 374 g/mol. The number of aromatic nitrogens is 2. The summed E-state index contributed by atoms with van der Waals surface area (Å²) in [5.74, 6) is 1.14. The van der Waals surface area contributed by atoms with Crippen molar-refractivity contribution in [1.29, 1.82) is 0 Å². The highest BCUT2D eigenvalue weighted by atomic mass is 35.5. The normalized spacial score (nSPS) is 16.1. The molecule has 0 radical (unpaired) electrons. The maximum absolute atomic E-state index is 12.6. The zero-order valence-electron chi connectivity index (χ0n) is 16.8. The molecule has 1 aliphatic heterocycles. The first-order valence-corrected chi connectivity index (χ1v) is 10.2. The molecule has 1 aromatic carbocycles. The number of hydrogen-bond acceptors (Lipinski definition) is 5. The first-order valence-electron chi connectivity index (χ1n) is 9.81. The van der Waals surface area contributed by atoms with Crippen molar-refractivity contribution in [3.63, 3.8) is 0 Å². The van der Waals surface area contributed by atoms with E-state index < -0.39 is 0 Å². The second-order valence-electron chi connectivity index (χ2n) is 8.35. The predicted molar refractivity (Wildman–Crippen MR) is 111 cm³/mol. The van der Waals surface area contributed by atoms with Crippen LogP contribution in [0, 0.1) is 5.92 Å². The Balaban J connectivity index is 1.54. The molecule has 3 rings (SSSR count). The Kier molecular flexibility index (Phi) is 6.68. The van der Waals surface area contributed by atoms with Gasteiger partial charge >= 0.3 is 0 Å². The molecule has 0 spiro atoms. The van der Waals surface area contributed by atoms with Crippen molar-refractivity contribution in [1.82, 2.24) is 14.9 Å². The molecule has 1 aliphatic rings. The summed E-state index contributed by atoms with van der Waals surface area (Å²) in [5.41, 5.74) is 1.19. The van der Waals surface area contributed by atoms with Gasteiger partial charge in [-0.05, 0) is 64.8 Å². The van der Waals surface area contributed by atoms with Crippen LogP contribution in [0.5, 0.6) is 5.88 Å². The molecule has 6 heteroatoms. The Labute approximate surface area is 172 Å². The molecule has 5 nitrogen and oxygen atoms in total. The predicted octanol–water partition coefficient (Wildman–Crippen LogP) is 4.79. The van der Waals surface area contributed by atoms with Crippen molar-refractivity contribution in [2.45, 2.75) is 52.2 Å². The summed E-state index contributed by atoms with van der Waals surface area (Å²) >= 11 is 6.16. The lowest BCUT2D eigenvalue weighted by atomic mass is 9.90. The fourth-order valence-corrected chi connectivity index (χ4v) is 3.70. The molecule has 28 heavy (non-hydrogen) atoms. The standard InChI is InChI=1S/C22H28ClN3O2/c1-22(2,3)28-21-19(24-10-11-25-21)15-26-12-8-16(9-13-26)14-20(27)17-6-4-5-7-18(17)23/h4-7,10-11,16H,8-9,12-15H2,1-3H3. The summed E-state index contributed by atoms with van der Waals surface area (Å²) < 4.78 is 5.95. The third-order valence-electron chi connectivity index (χ3n) is 4.87. The average molecular weight is 402 g/mol. The number of ketones is 1. The molecule has 1 fully saturated rings. The van der Waals surface area contributed by atoms with Gasteiger partial charge in [0.05, 0.1) is 5.02 Å². The van der Waals surface area contributed by atoms with Crippen LogP contribution in [0.15, 0.2) is 36.7 Å². The second kappa shape index (κ2) is 9.01. The van der Waals surface area contributed by atoms with Gasteiger partial charge in [-0.15, -0.1) is 0 Å². The van der Waals surface area contributed by atoms with Gasteiger partial charge in [-0.3, -0.25) is 14.7 Å². The van der Waals surface area contributed by atoms with Crippen LogP contribution in [0.3, 0.4) is 0 Å². The van der Waals surface area contributed by atoms with Crippen LogP contribution in [0.2, 0.25) is 5.02 Å². The molecule has 0 N–H and O–H groups in total. The van der Waals surface area contributed by atoms with Crippen molar-refractivity contribution in [3.05, 3.63) is 52.9 Å². The van der Waals surface area contributed by atoms with E-state index in [9.17, 15) is 4.79 Å². The molecular formula is C22H28ClN3O2. The fourth-order valence-electron chi connectivity index (χ4n) is 3.46. The second-order valence-corrected chi connectivity index (χ2v) is 8.76. The van der Waals surface area contributed by atoms with Gasteiger partial charge in [-0.1, -0.05) is 23.7 Å². The number of carbonyl (C=O) groups excluding carboxylic acids is 1. The summed E-state index contributed by atoms with van der Waals surface area (Å²) in [7, 11) is 0. The van der Waals surface area contributed by atoms with E-state index in [2.05, 4.69) is 14.9 Å². The van der Waals surface area contributed by atoms with E-state index in [-0.39, 0.29) is 11.4 Å². The topological polar surface area (TPSA) is 55.3 Å². The number of Topliss-reactive ketones (excluding diaryl/α,β-unsaturated/α-hetero) is 1. The number of benzene rings is 1. The van der Waals surface area contributed by atoms with E-state index in [0.29, 0.717) is 35.3 Å². The van der Waals surface area contributed by atoms with Crippen molar-refractivity contribution >= 4 is 17.4 Å². The molecule has 0 unspecified atom stereocenters. The average Bonchev–Trinajstić information content (AvgIpc) is 2.64. The van der Waals surface area contributed by atoms with E-state index in [1.807, 2.05) is 39.0 Å². The number of hydrogen-bond donors (Lipinski definition) is 0. The lowest BCUT2D eigenvalue weighted by Gasteiger charge is -2.32. The van der Waals surface area contributed by atoms with Crippen LogP contribution in [0.25, 0.3) is 0 Å². The van der Waals surface area contributed by atoms with E-state index >= 15 is 0 Å². The Morgan fingerprint density at radius 1 is 1.18 bits per heavy atom. The summed E-state index contributed by atoms with van der Waals surface area (Å²) in [4.78, 5) is 23.7. The van der Waals surface area contributed by atoms with Crippen molar-refractivity contribution in [3.8, 4) is 5.88 Å². The van der Waals surface area contributed by atoms with Gasteiger partial charge in [-0.2, -0.15) is 0 Å². The molecule has 1 saturated heterocycles. The number of halogens is 1. The molecule has 0 saturated carbocycles. The SMILES string of the molecule is CC(C)(C)Oc1nccnc1CN1CCC(CC(=O)c2ccccc2Cl)CC1. The zero-order valence-corrected chi connectivity index (χ0v) is 17.6. The van der Waals surface area contributed by atoms with Gasteiger partial charge < -0.3 is 4.74 Å². The number of piperidine rings is 1. The molecule has 2 heterocycles. The first-order chi connectivity index (χ1) is 13.3. The summed E-state index contributed by atoms with van der Waals surface area (Å²) in [6.07, 6.45) is 5.91. The Bertz CT molecular complexity index is 811. The quantitative estimate of drug-likeness (QED) is 0.651. The molecule has 0 bridgehead atoms. The van der Waals surface area contributed by atoms with Crippen LogP contribution in [-0.4, -0.2) is 39.3 Å². The summed E-state index contributed by atoms with van der Waals surface area (Å²) in [5, 5.41) is 0.541. The highest BCUT2D eigenvalue weighted by Crippen LogP contribution is 2.27. The molecule has 150 valence electrons. The number of carbonyl (C=O) groups is 1. The minimum atomic E-state index is -0.309. The van der Waals surface area contributed by atoms with E-state index in [1.54, 1.807) is 18.5 Å². The number of rotatable bonds is 6. The molecule has 2 aromatic rings. The zero-order chi connectivity index (χ0) is 20.1. The van der Waals surface area contributed by atoms with Crippen LogP contribution in [0.1, 0.15) is 56.1 Å². The van der Waals surface area contributed by atoms with Crippen molar-refractivity contribution in [2.24, 2.45) is 5.92 Å². The van der Waals surface area contributed by atoms with Gasteiger partial charge in [0.2, 0.25) is 5.88 Å². The monoisotopic (exact) mass is 401 g/mol. The van der Waals surface area contributed by atoms with Crippen molar-refractivity contribution < 1.29 is 9.53 Å². The largest absolute Gasteiger partial charge is 0.471 e. The Morgan fingerprint density at radius 3 is 2.54 bits per heavy atom. The smallest absolute Gasteiger partial charge is 0.237 e. The minimum Gasteiger partial charge on any atom is -0.471 e. The van der Waals surface area contributed by atoms with Crippen molar-refractivity contribution in [2.75, 3.05) is 13.1 Å². The van der Waals surface area contributed by atoms with E-state index in [0.717, 1.165) is 31.6 Å². The van der Waals surface area contributed by atoms with Crippen LogP contribution in [0.4, 0.5) is 0 Å². The number of likely N-dealkylation sites (tertiary alicyclic amines) is 1. The van der Waals surface area contributed by atoms with E-state index in [4.69, 9.17) is 16.3 Å². The van der Waals surface area contributed by atoms with Crippen LogP contribution >= 0.6 is 11.6 Å². The van der Waals surface area contributed by atoms with Crippen LogP contribution < -0.4 is 4.74 Å². The summed E-state index contributed by atoms with van der Waals surface area (Å²) in [6.45, 7) is 8.61. The lowest BCUT2D eigenvalue weighted by molar-refractivity contribution is 0.0921. The Morgan fingerprint density at radius 2 is 1.86 bits per heavy atom. The number of nitrogens with zero attached hydrogens (tertiary/aromatic N) is 3. The summed E-state index contributed by atoms with van der Waals surface area (Å²) in [6, 6.07) is 7.29. The van der Waals surface area contributed by atoms with Gasteiger partial charge in [0.15, 0.2) is 5.78 Å². The first kappa shape index (κ1) is 20.7. The van der Waals surface area contributed by atoms with Crippen LogP contribution in [-0.2, 0) is 6.54 Å². The highest BCUT2D eigenvalue weighted by Gasteiger charge is 2.24. The van der Waals surface area contributed by atoms with Gasteiger partial charge in [0.1, 0.15) is 11.3 Å². The molecule has 0 atom stereocenters. The highest BCUT2D eigenvalue weighted by molar-refractivity contribution is 6.33. The molecule has 0 aliphatic carbocycles. The Hall–Kier alpha value is -1.98. The third kappa shape index (κ3) is 5.76. The fraction of sp³-hybridized carbons (Fsp3) is 0.500. The van der Waals surface area contributed by atoms with Gasteiger partial charge in [-0.25, -0.2) is 4.98 Å². The molecule has 1 aromatic heterocycles. The maximum Gasteiger partial charge on any atom is 0.237 e. The third-order valence-corrected chi connectivity index (χ3v) is 5.20.